The maximum atomic E-state index is 12.5. The molecule has 0 aliphatic heterocycles. The van der Waals surface area contributed by atoms with E-state index in [-0.39, 0.29) is 12.5 Å². The monoisotopic (exact) mass is 364 g/mol. The number of hydrogen-bond acceptors (Lipinski definition) is 5. The van der Waals surface area contributed by atoms with Crippen LogP contribution in [0.3, 0.4) is 0 Å². The fraction of sp³-hybridized carbons (Fsp3) is 0.526. The second-order valence-electron chi connectivity index (χ2n) is 6.30. The van der Waals surface area contributed by atoms with E-state index >= 15 is 0 Å². The maximum Gasteiger partial charge on any atom is 0.408 e. The predicted molar refractivity (Wildman–Crippen MR) is 97.2 cm³/mol. The van der Waals surface area contributed by atoms with Crippen molar-refractivity contribution in [1.29, 1.82) is 0 Å². The summed E-state index contributed by atoms with van der Waals surface area (Å²) < 4.78 is 9.87. The van der Waals surface area contributed by atoms with Gasteiger partial charge in [0.05, 0.1) is 7.11 Å². The van der Waals surface area contributed by atoms with Gasteiger partial charge in [0.2, 0.25) is 5.91 Å². The Bertz CT molecular complexity index is 589. The van der Waals surface area contributed by atoms with Crippen molar-refractivity contribution in [3.63, 3.8) is 0 Å². The molecule has 0 fully saturated rings. The van der Waals surface area contributed by atoms with E-state index in [9.17, 15) is 14.4 Å². The summed E-state index contributed by atoms with van der Waals surface area (Å²) in [5, 5.41) is 5.21. The summed E-state index contributed by atoms with van der Waals surface area (Å²) in [7, 11) is 1.27. The van der Waals surface area contributed by atoms with Crippen LogP contribution in [-0.4, -0.2) is 37.2 Å². The normalized spacial score (nSPS) is 12.8. The Kier molecular flexibility index (Phi) is 9.19. The number of benzene rings is 1. The van der Waals surface area contributed by atoms with Gasteiger partial charge < -0.3 is 20.1 Å². The summed E-state index contributed by atoms with van der Waals surface area (Å²) in [5.41, 5.74) is 0.852. The Morgan fingerprint density at radius 1 is 1.08 bits per heavy atom. The Labute approximate surface area is 154 Å². The van der Waals surface area contributed by atoms with E-state index < -0.39 is 30.1 Å². The molecule has 0 heterocycles. The third kappa shape index (κ3) is 7.13. The van der Waals surface area contributed by atoms with Gasteiger partial charge >= 0.3 is 12.1 Å². The third-order valence-electron chi connectivity index (χ3n) is 3.82. The smallest absolute Gasteiger partial charge is 0.408 e. The van der Waals surface area contributed by atoms with Crippen LogP contribution in [0.25, 0.3) is 0 Å². The number of hydrogen-bond donors (Lipinski definition) is 2. The van der Waals surface area contributed by atoms with Crippen LogP contribution in [0.1, 0.15) is 39.2 Å². The van der Waals surface area contributed by atoms with E-state index in [0.717, 1.165) is 5.56 Å². The van der Waals surface area contributed by atoms with Crippen molar-refractivity contribution in [1.82, 2.24) is 10.6 Å². The molecular formula is C19H28N2O5. The van der Waals surface area contributed by atoms with Gasteiger partial charge in [-0.15, -0.1) is 0 Å². The van der Waals surface area contributed by atoms with Crippen molar-refractivity contribution < 1.29 is 23.9 Å². The number of carbonyl (C=O) groups is 3. The molecular weight excluding hydrogens is 336 g/mol. The highest BCUT2D eigenvalue weighted by atomic mass is 16.5. The van der Waals surface area contributed by atoms with Gasteiger partial charge in [-0.1, -0.05) is 57.5 Å². The second-order valence-corrected chi connectivity index (χ2v) is 6.30. The highest BCUT2D eigenvalue weighted by molar-refractivity contribution is 5.89. The minimum absolute atomic E-state index is 0.115. The zero-order valence-electron chi connectivity index (χ0n) is 15.8. The number of amides is 2. The molecule has 2 atom stereocenters. The quantitative estimate of drug-likeness (QED) is 0.656. The van der Waals surface area contributed by atoms with Crippen LogP contribution in [0.4, 0.5) is 4.79 Å². The first-order valence-electron chi connectivity index (χ1n) is 8.74. The van der Waals surface area contributed by atoms with E-state index in [4.69, 9.17) is 9.47 Å². The van der Waals surface area contributed by atoms with E-state index in [1.54, 1.807) is 13.8 Å². The molecule has 0 aliphatic carbocycles. The molecule has 1 rings (SSSR count). The van der Waals surface area contributed by atoms with Crippen LogP contribution >= 0.6 is 0 Å². The average Bonchev–Trinajstić information content (AvgIpc) is 2.63. The van der Waals surface area contributed by atoms with Gasteiger partial charge in [0.1, 0.15) is 18.7 Å². The van der Waals surface area contributed by atoms with Crippen molar-refractivity contribution in [2.45, 2.75) is 52.3 Å². The van der Waals surface area contributed by atoms with Crippen LogP contribution in [0.5, 0.6) is 0 Å². The van der Waals surface area contributed by atoms with E-state index in [1.807, 2.05) is 37.3 Å². The van der Waals surface area contributed by atoms with Gasteiger partial charge in [-0.3, -0.25) is 4.79 Å². The van der Waals surface area contributed by atoms with E-state index in [0.29, 0.717) is 12.8 Å². The second kappa shape index (κ2) is 11.1. The van der Waals surface area contributed by atoms with E-state index in [1.165, 1.54) is 7.11 Å². The zero-order valence-corrected chi connectivity index (χ0v) is 15.8. The molecule has 2 N–H and O–H groups in total. The van der Waals surface area contributed by atoms with Gasteiger partial charge in [-0.25, -0.2) is 9.59 Å². The van der Waals surface area contributed by atoms with Crippen molar-refractivity contribution in [3.05, 3.63) is 35.9 Å². The largest absolute Gasteiger partial charge is 0.467 e. The molecule has 0 spiro atoms. The first-order chi connectivity index (χ1) is 12.4. The number of esters is 1. The molecule has 1 aromatic carbocycles. The standard InChI is InChI=1S/C19H28N2O5/c1-5-9-15(17(22)21-16(13(2)3)18(23)25-4)20-19(24)26-12-14-10-7-6-8-11-14/h6-8,10-11,13,15-16H,5,9,12H2,1-4H3,(H,20,24)(H,21,22). The number of rotatable bonds is 9. The lowest BCUT2D eigenvalue weighted by Crippen LogP contribution is -2.53. The van der Waals surface area contributed by atoms with Crippen LogP contribution in [0.2, 0.25) is 0 Å². The molecule has 26 heavy (non-hydrogen) atoms. The molecule has 2 amide bonds. The lowest BCUT2D eigenvalue weighted by molar-refractivity contribution is -0.146. The van der Waals surface area contributed by atoms with Crippen LogP contribution in [0, 0.1) is 5.92 Å². The molecule has 7 nitrogen and oxygen atoms in total. The first-order valence-corrected chi connectivity index (χ1v) is 8.74. The number of ether oxygens (including phenoxy) is 2. The van der Waals surface area contributed by atoms with Gasteiger partial charge in [-0.2, -0.15) is 0 Å². The van der Waals surface area contributed by atoms with Gasteiger partial charge in [-0.05, 0) is 17.9 Å². The number of nitrogens with one attached hydrogen (secondary N) is 2. The number of methoxy groups -OCH3 is 1. The highest BCUT2D eigenvalue weighted by Crippen LogP contribution is 2.07. The van der Waals surface area contributed by atoms with Crippen molar-refractivity contribution in [2.75, 3.05) is 7.11 Å². The zero-order chi connectivity index (χ0) is 19.5. The fourth-order valence-corrected chi connectivity index (χ4v) is 2.34. The van der Waals surface area contributed by atoms with Crippen molar-refractivity contribution in [2.24, 2.45) is 5.92 Å². The minimum atomic E-state index is -0.783. The summed E-state index contributed by atoms with van der Waals surface area (Å²) in [4.78, 5) is 36.3. The summed E-state index contributed by atoms with van der Waals surface area (Å²) in [6.07, 6.45) is 0.432. The molecule has 0 saturated heterocycles. The minimum Gasteiger partial charge on any atom is -0.467 e. The molecule has 1 aromatic rings. The predicted octanol–water partition coefficient (Wildman–Crippen LogP) is 2.40. The third-order valence-corrected chi connectivity index (χ3v) is 3.82. The lowest BCUT2D eigenvalue weighted by atomic mass is 10.0. The summed E-state index contributed by atoms with van der Waals surface area (Å²) >= 11 is 0. The SMILES string of the molecule is CCCC(NC(=O)OCc1ccccc1)C(=O)NC(C(=O)OC)C(C)C. The molecule has 0 bridgehead atoms. The molecule has 0 aliphatic rings. The molecule has 0 aromatic heterocycles. The van der Waals surface area contributed by atoms with Crippen LogP contribution < -0.4 is 10.6 Å². The Morgan fingerprint density at radius 2 is 1.73 bits per heavy atom. The molecule has 144 valence electrons. The Hall–Kier alpha value is -2.57. The van der Waals surface area contributed by atoms with E-state index in [2.05, 4.69) is 10.6 Å². The van der Waals surface area contributed by atoms with Crippen LogP contribution in [0.15, 0.2) is 30.3 Å². The van der Waals surface area contributed by atoms with Crippen molar-refractivity contribution >= 4 is 18.0 Å². The summed E-state index contributed by atoms with van der Waals surface area (Å²) in [6, 6.07) is 7.70. The molecule has 2 unspecified atom stereocenters. The molecule has 0 radical (unpaired) electrons. The van der Waals surface area contributed by atoms with Crippen molar-refractivity contribution in [3.8, 4) is 0 Å². The lowest BCUT2D eigenvalue weighted by Gasteiger charge is -2.23. The summed E-state index contributed by atoms with van der Waals surface area (Å²) in [6.45, 7) is 5.62. The Balaban J connectivity index is 2.63. The number of alkyl carbamates (subject to hydrolysis) is 1. The Morgan fingerprint density at radius 3 is 2.27 bits per heavy atom. The maximum absolute atomic E-state index is 12.5. The van der Waals surface area contributed by atoms with Crippen LogP contribution in [-0.2, 0) is 25.7 Å². The average molecular weight is 364 g/mol. The van der Waals surface area contributed by atoms with Gasteiger partial charge in [0.25, 0.3) is 0 Å². The van der Waals surface area contributed by atoms with Gasteiger partial charge in [0, 0.05) is 0 Å². The molecule has 7 heteroatoms. The highest BCUT2D eigenvalue weighted by Gasteiger charge is 2.29. The number of carbonyl (C=O) groups excluding carboxylic acids is 3. The molecule has 0 saturated carbocycles. The topological polar surface area (TPSA) is 93.7 Å². The first kappa shape index (κ1) is 21.5. The fourth-order valence-electron chi connectivity index (χ4n) is 2.34. The van der Waals surface area contributed by atoms with Gasteiger partial charge in [0.15, 0.2) is 0 Å². The summed E-state index contributed by atoms with van der Waals surface area (Å²) in [5.74, 6) is -1.10.